The van der Waals surface area contributed by atoms with Crippen LogP contribution >= 0.6 is 11.6 Å². The maximum absolute atomic E-state index is 6.04. The first-order chi connectivity index (χ1) is 9.72. The number of benzene rings is 2. The predicted molar refractivity (Wildman–Crippen MR) is 82.6 cm³/mol. The van der Waals surface area contributed by atoms with Crippen molar-refractivity contribution in [2.24, 2.45) is 0 Å². The summed E-state index contributed by atoms with van der Waals surface area (Å²) in [4.78, 5) is 4.42. The second-order valence-electron chi connectivity index (χ2n) is 4.63. The van der Waals surface area contributed by atoms with E-state index >= 15 is 0 Å². The van der Waals surface area contributed by atoms with E-state index in [1.54, 1.807) is 6.20 Å². The van der Waals surface area contributed by atoms with Crippen molar-refractivity contribution >= 4 is 17.3 Å². The van der Waals surface area contributed by atoms with Gasteiger partial charge >= 0.3 is 0 Å². The van der Waals surface area contributed by atoms with Crippen molar-refractivity contribution < 1.29 is 0 Å². The van der Waals surface area contributed by atoms with E-state index in [9.17, 15) is 0 Å². The second kappa shape index (κ2) is 5.39. The number of nitrogen functional groups attached to an aromatic ring is 1. The third-order valence-electron chi connectivity index (χ3n) is 3.10. The van der Waals surface area contributed by atoms with Crippen molar-refractivity contribution in [2.75, 3.05) is 5.73 Å². The van der Waals surface area contributed by atoms with E-state index in [1.807, 2.05) is 48.7 Å². The number of rotatable bonds is 3. The van der Waals surface area contributed by atoms with E-state index in [2.05, 4.69) is 15.6 Å². The van der Waals surface area contributed by atoms with Gasteiger partial charge in [-0.3, -0.25) is 0 Å². The average molecular weight is 284 g/mol. The summed E-state index contributed by atoms with van der Waals surface area (Å²) in [5.74, 6) is 0.898. The van der Waals surface area contributed by atoms with Crippen LogP contribution in [0.15, 0.2) is 60.9 Å². The normalized spacial score (nSPS) is 10.7. The Hall–Kier alpha value is -2.26. The molecule has 0 aliphatic heterocycles. The minimum Gasteiger partial charge on any atom is -0.399 e. The third-order valence-corrected chi connectivity index (χ3v) is 3.34. The highest BCUT2D eigenvalue weighted by molar-refractivity contribution is 6.30. The van der Waals surface area contributed by atoms with E-state index < -0.39 is 0 Å². The Bertz CT molecular complexity index is 734. The molecule has 0 fully saturated rings. The van der Waals surface area contributed by atoms with Crippen LogP contribution in [-0.2, 0) is 6.54 Å². The van der Waals surface area contributed by atoms with Gasteiger partial charge < -0.3 is 10.3 Å². The molecule has 0 radical (unpaired) electrons. The highest BCUT2D eigenvalue weighted by atomic mass is 35.5. The molecule has 1 heterocycles. The van der Waals surface area contributed by atoms with Crippen LogP contribution in [0.5, 0.6) is 0 Å². The highest BCUT2D eigenvalue weighted by Crippen LogP contribution is 2.22. The van der Waals surface area contributed by atoms with Gasteiger partial charge in [-0.2, -0.15) is 0 Å². The Morgan fingerprint density at radius 1 is 1.10 bits per heavy atom. The van der Waals surface area contributed by atoms with Crippen molar-refractivity contribution in [2.45, 2.75) is 6.54 Å². The average Bonchev–Trinajstić information content (AvgIpc) is 2.87. The van der Waals surface area contributed by atoms with Crippen molar-refractivity contribution in [3.05, 3.63) is 71.5 Å². The molecule has 0 spiro atoms. The Kier molecular flexibility index (Phi) is 3.44. The number of nitrogens with zero attached hydrogens (tertiary/aromatic N) is 2. The molecule has 100 valence electrons. The number of anilines is 1. The number of aromatic nitrogens is 2. The quantitative estimate of drug-likeness (QED) is 0.742. The Labute approximate surface area is 122 Å². The summed E-state index contributed by atoms with van der Waals surface area (Å²) in [6, 6.07) is 15.6. The third kappa shape index (κ3) is 2.68. The molecule has 3 rings (SSSR count). The molecular formula is C16H14ClN3. The smallest absolute Gasteiger partial charge is 0.140 e. The van der Waals surface area contributed by atoms with Gasteiger partial charge in [-0.1, -0.05) is 35.9 Å². The summed E-state index contributed by atoms with van der Waals surface area (Å²) in [5, 5.41) is 0.709. The van der Waals surface area contributed by atoms with Gasteiger partial charge in [0.2, 0.25) is 0 Å². The summed E-state index contributed by atoms with van der Waals surface area (Å²) < 4.78 is 2.08. The first kappa shape index (κ1) is 12.8. The Balaban J connectivity index is 1.94. The monoisotopic (exact) mass is 283 g/mol. The van der Waals surface area contributed by atoms with E-state index in [4.69, 9.17) is 17.3 Å². The van der Waals surface area contributed by atoms with E-state index in [-0.39, 0.29) is 0 Å². The van der Waals surface area contributed by atoms with E-state index in [0.29, 0.717) is 5.02 Å². The molecule has 0 aliphatic rings. The molecule has 0 saturated heterocycles. The lowest BCUT2D eigenvalue weighted by Gasteiger charge is -2.09. The van der Waals surface area contributed by atoms with Crippen LogP contribution in [0, 0.1) is 0 Å². The fourth-order valence-electron chi connectivity index (χ4n) is 2.21. The van der Waals surface area contributed by atoms with Gasteiger partial charge in [0.05, 0.1) is 0 Å². The maximum Gasteiger partial charge on any atom is 0.140 e. The first-order valence-corrected chi connectivity index (χ1v) is 6.72. The molecule has 0 atom stereocenters. The number of hydrogen-bond acceptors (Lipinski definition) is 2. The summed E-state index contributed by atoms with van der Waals surface area (Å²) in [6.07, 6.45) is 3.75. The molecule has 20 heavy (non-hydrogen) atoms. The van der Waals surface area contributed by atoms with Gasteiger partial charge in [-0.05, 0) is 29.8 Å². The Morgan fingerprint density at radius 2 is 1.95 bits per heavy atom. The van der Waals surface area contributed by atoms with E-state index in [0.717, 1.165) is 29.2 Å². The lowest BCUT2D eigenvalue weighted by molar-refractivity contribution is 0.807. The summed E-state index contributed by atoms with van der Waals surface area (Å²) in [5.41, 5.74) is 8.74. The molecule has 1 aromatic heterocycles. The van der Waals surface area contributed by atoms with Crippen LogP contribution in [-0.4, -0.2) is 9.55 Å². The number of hydrogen-bond donors (Lipinski definition) is 1. The first-order valence-electron chi connectivity index (χ1n) is 6.34. The molecule has 2 N–H and O–H groups in total. The SMILES string of the molecule is Nc1cccc(Cn2ccnc2-c2cccc(Cl)c2)c1. The highest BCUT2D eigenvalue weighted by Gasteiger charge is 2.07. The standard InChI is InChI=1S/C16H14ClN3/c17-14-5-2-4-13(10-14)16-19-7-8-20(16)11-12-3-1-6-15(18)9-12/h1-10H,11,18H2. The molecule has 0 aliphatic carbocycles. The van der Waals surface area contributed by atoms with Crippen molar-refractivity contribution in [1.29, 1.82) is 0 Å². The molecule has 0 bridgehead atoms. The number of nitrogens with two attached hydrogens (primary N) is 1. The lowest BCUT2D eigenvalue weighted by Crippen LogP contribution is -2.01. The summed E-state index contributed by atoms with van der Waals surface area (Å²) >= 11 is 6.04. The zero-order valence-corrected chi connectivity index (χ0v) is 11.6. The van der Waals surface area contributed by atoms with Crippen molar-refractivity contribution in [3.8, 4) is 11.4 Å². The Morgan fingerprint density at radius 3 is 2.75 bits per heavy atom. The minimum atomic E-state index is 0.709. The summed E-state index contributed by atoms with van der Waals surface area (Å²) in [7, 11) is 0. The molecule has 3 nitrogen and oxygen atoms in total. The topological polar surface area (TPSA) is 43.8 Å². The second-order valence-corrected chi connectivity index (χ2v) is 5.07. The summed E-state index contributed by atoms with van der Waals surface area (Å²) in [6.45, 7) is 0.729. The number of imidazole rings is 1. The van der Waals surface area contributed by atoms with Gasteiger partial charge in [0.25, 0.3) is 0 Å². The van der Waals surface area contributed by atoms with Crippen LogP contribution in [0.3, 0.4) is 0 Å². The fourth-order valence-corrected chi connectivity index (χ4v) is 2.40. The van der Waals surface area contributed by atoms with Gasteiger partial charge in [-0.15, -0.1) is 0 Å². The van der Waals surface area contributed by atoms with E-state index in [1.165, 1.54) is 0 Å². The van der Waals surface area contributed by atoms with Crippen molar-refractivity contribution in [1.82, 2.24) is 9.55 Å². The number of halogens is 1. The van der Waals surface area contributed by atoms with Crippen LogP contribution in [0.25, 0.3) is 11.4 Å². The molecule has 4 heteroatoms. The molecule has 3 aromatic rings. The fraction of sp³-hybridized carbons (Fsp3) is 0.0625. The molecular weight excluding hydrogens is 270 g/mol. The van der Waals surface area contributed by atoms with Crippen molar-refractivity contribution in [3.63, 3.8) is 0 Å². The van der Waals surface area contributed by atoms with Gasteiger partial charge in [0, 0.05) is 35.2 Å². The molecule has 0 saturated carbocycles. The van der Waals surface area contributed by atoms with Crippen LogP contribution in [0.1, 0.15) is 5.56 Å². The molecule has 0 unspecified atom stereocenters. The minimum absolute atomic E-state index is 0.709. The van der Waals surface area contributed by atoms with Crippen LogP contribution in [0.2, 0.25) is 5.02 Å². The predicted octanol–water partition coefficient (Wildman–Crippen LogP) is 3.83. The largest absolute Gasteiger partial charge is 0.399 e. The molecule has 0 amide bonds. The maximum atomic E-state index is 6.04. The van der Waals surface area contributed by atoms with Gasteiger partial charge in [0.1, 0.15) is 5.82 Å². The van der Waals surface area contributed by atoms with Gasteiger partial charge in [-0.25, -0.2) is 4.98 Å². The zero-order chi connectivity index (χ0) is 13.9. The zero-order valence-electron chi connectivity index (χ0n) is 10.8. The van der Waals surface area contributed by atoms with Gasteiger partial charge in [0.15, 0.2) is 0 Å². The lowest BCUT2D eigenvalue weighted by atomic mass is 10.2. The molecule has 2 aromatic carbocycles. The van der Waals surface area contributed by atoms with Crippen LogP contribution < -0.4 is 5.73 Å². The van der Waals surface area contributed by atoms with Crippen LogP contribution in [0.4, 0.5) is 5.69 Å².